The number of nitrogens with one attached hydrogen (secondary N) is 2. The lowest BCUT2D eigenvalue weighted by molar-refractivity contribution is -0.192. The standard InChI is InChI=1S/C21H32N4O4.C2HF3O2/c1-8-15-17(19(26)28-9-2)16(24-18(15)20(27)29-21(4,5)6)12-22-10-14-11-23-25(7)13(14)3;3-2(4,5)1(6)7/h11,22,24H,8-10,12H2,1-7H3;(H,6,7). The molecule has 13 heteroatoms. The van der Waals surface area contributed by atoms with E-state index in [1.807, 2.05) is 52.5 Å². The lowest BCUT2D eigenvalue weighted by Gasteiger charge is -2.19. The maximum absolute atomic E-state index is 12.7. The summed E-state index contributed by atoms with van der Waals surface area (Å²) in [6, 6.07) is 0. The molecular formula is C23H33F3N4O6. The van der Waals surface area contributed by atoms with Crippen LogP contribution in [0, 0.1) is 6.92 Å². The lowest BCUT2D eigenvalue weighted by Crippen LogP contribution is -2.24. The van der Waals surface area contributed by atoms with E-state index < -0.39 is 29.7 Å². The van der Waals surface area contributed by atoms with E-state index in [1.54, 1.807) is 6.92 Å². The van der Waals surface area contributed by atoms with Gasteiger partial charge < -0.3 is 24.9 Å². The van der Waals surface area contributed by atoms with E-state index >= 15 is 0 Å². The smallest absolute Gasteiger partial charge is 0.475 e. The Morgan fingerprint density at radius 3 is 2.14 bits per heavy atom. The van der Waals surface area contributed by atoms with Crippen molar-refractivity contribution >= 4 is 17.9 Å². The molecule has 0 atom stereocenters. The van der Waals surface area contributed by atoms with Crippen LogP contribution >= 0.6 is 0 Å². The fourth-order valence-corrected chi connectivity index (χ4v) is 3.07. The van der Waals surface area contributed by atoms with Gasteiger partial charge in [-0.15, -0.1) is 0 Å². The summed E-state index contributed by atoms with van der Waals surface area (Å²) in [6.07, 6.45) is -2.77. The maximum Gasteiger partial charge on any atom is 0.490 e. The summed E-state index contributed by atoms with van der Waals surface area (Å²) in [7, 11) is 1.89. The highest BCUT2D eigenvalue weighted by Gasteiger charge is 2.38. The number of carbonyl (C=O) groups is 3. The van der Waals surface area contributed by atoms with Crippen LogP contribution in [0.15, 0.2) is 6.20 Å². The average Bonchev–Trinajstić information content (AvgIpc) is 3.27. The summed E-state index contributed by atoms with van der Waals surface area (Å²) < 4.78 is 44.3. The summed E-state index contributed by atoms with van der Waals surface area (Å²) in [6.45, 7) is 12.3. The Balaban J connectivity index is 0.000000809. The number of rotatable bonds is 8. The number of hydrogen-bond acceptors (Lipinski definition) is 7. The molecule has 0 amide bonds. The van der Waals surface area contributed by atoms with Crippen molar-refractivity contribution in [2.24, 2.45) is 7.05 Å². The molecule has 202 valence electrons. The van der Waals surface area contributed by atoms with Crippen LogP contribution < -0.4 is 5.32 Å². The molecule has 3 N–H and O–H groups in total. The highest BCUT2D eigenvalue weighted by Crippen LogP contribution is 2.24. The molecule has 2 aromatic heterocycles. The molecule has 0 fully saturated rings. The van der Waals surface area contributed by atoms with Crippen LogP contribution in [0.3, 0.4) is 0 Å². The van der Waals surface area contributed by atoms with Crippen LogP contribution in [0.2, 0.25) is 0 Å². The molecule has 0 saturated carbocycles. The van der Waals surface area contributed by atoms with Gasteiger partial charge in [0, 0.05) is 37.1 Å². The molecule has 36 heavy (non-hydrogen) atoms. The first-order chi connectivity index (χ1) is 16.5. The Morgan fingerprint density at radius 1 is 1.14 bits per heavy atom. The number of esters is 2. The molecule has 2 heterocycles. The molecule has 0 unspecified atom stereocenters. The van der Waals surface area contributed by atoms with Crippen molar-refractivity contribution in [2.75, 3.05) is 6.61 Å². The third kappa shape index (κ3) is 8.70. The molecule has 10 nitrogen and oxygen atoms in total. The molecule has 2 aromatic rings. The highest BCUT2D eigenvalue weighted by molar-refractivity contribution is 5.99. The third-order valence-electron chi connectivity index (χ3n) is 4.81. The summed E-state index contributed by atoms with van der Waals surface area (Å²) in [5.41, 5.74) is 3.45. The van der Waals surface area contributed by atoms with Gasteiger partial charge in [0.25, 0.3) is 0 Å². The Kier molecular flexibility index (Phi) is 10.7. The van der Waals surface area contributed by atoms with E-state index in [2.05, 4.69) is 15.4 Å². The van der Waals surface area contributed by atoms with Crippen LogP contribution in [0.5, 0.6) is 0 Å². The van der Waals surface area contributed by atoms with Crippen molar-refractivity contribution in [1.82, 2.24) is 20.1 Å². The third-order valence-corrected chi connectivity index (χ3v) is 4.81. The van der Waals surface area contributed by atoms with Gasteiger partial charge in [-0.1, -0.05) is 6.92 Å². The number of aromatic nitrogens is 3. The number of H-pyrrole nitrogens is 1. The Hall–Kier alpha value is -3.35. The number of carbonyl (C=O) groups excluding carboxylic acids is 2. The molecule has 0 spiro atoms. The second-order valence-corrected chi connectivity index (χ2v) is 8.69. The number of aryl methyl sites for hydroxylation is 1. The van der Waals surface area contributed by atoms with Crippen molar-refractivity contribution < 1.29 is 42.1 Å². The first-order valence-corrected chi connectivity index (χ1v) is 11.2. The molecule has 0 aliphatic rings. The van der Waals surface area contributed by atoms with Gasteiger partial charge in [0.05, 0.1) is 18.4 Å². The predicted octanol–water partition coefficient (Wildman–Crippen LogP) is 3.67. The molecule has 0 saturated heterocycles. The normalized spacial score (nSPS) is 11.5. The van der Waals surface area contributed by atoms with E-state index in [0.717, 1.165) is 11.3 Å². The van der Waals surface area contributed by atoms with Crippen LogP contribution in [0.25, 0.3) is 0 Å². The van der Waals surface area contributed by atoms with E-state index in [9.17, 15) is 22.8 Å². The number of aliphatic carboxylic acids is 1. The zero-order chi connectivity index (χ0) is 27.8. The van der Waals surface area contributed by atoms with Crippen molar-refractivity contribution in [1.29, 1.82) is 0 Å². The molecule has 0 aliphatic carbocycles. The first-order valence-electron chi connectivity index (χ1n) is 11.2. The number of alkyl halides is 3. The summed E-state index contributed by atoms with van der Waals surface area (Å²) in [5, 5.41) is 14.7. The second-order valence-electron chi connectivity index (χ2n) is 8.69. The minimum Gasteiger partial charge on any atom is -0.475 e. The van der Waals surface area contributed by atoms with Crippen LogP contribution in [0.4, 0.5) is 13.2 Å². The number of halogens is 3. The second kappa shape index (κ2) is 12.6. The van der Waals surface area contributed by atoms with Gasteiger partial charge in [0.15, 0.2) is 0 Å². The van der Waals surface area contributed by atoms with E-state index in [1.165, 1.54) is 0 Å². The van der Waals surface area contributed by atoms with Gasteiger partial charge in [-0.05, 0) is 46.6 Å². The predicted molar refractivity (Wildman–Crippen MR) is 123 cm³/mol. The Labute approximate surface area is 207 Å². The molecule has 0 radical (unpaired) electrons. The Morgan fingerprint density at radius 2 is 1.72 bits per heavy atom. The fraction of sp³-hybridized carbons (Fsp3) is 0.565. The summed E-state index contributed by atoms with van der Waals surface area (Å²) in [5.74, 6) is -3.67. The van der Waals surface area contributed by atoms with E-state index in [-0.39, 0.29) is 6.61 Å². The molecule has 0 aromatic carbocycles. The number of aromatic amines is 1. The van der Waals surface area contributed by atoms with Crippen molar-refractivity contribution in [3.05, 3.63) is 40.0 Å². The van der Waals surface area contributed by atoms with Gasteiger partial charge in [0.2, 0.25) is 0 Å². The number of nitrogens with zero attached hydrogens (tertiary/aromatic N) is 2. The Bertz CT molecular complexity index is 1070. The van der Waals surface area contributed by atoms with Gasteiger partial charge in [-0.25, -0.2) is 14.4 Å². The van der Waals surface area contributed by atoms with Gasteiger partial charge in [-0.2, -0.15) is 18.3 Å². The zero-order valence-electron chi connectivity index (χ0n) is 21.4. The van der Waals surface area contributed by atoms with Crippen molar-refractivity contribution in [3.63, 3.8) is 0 Å². The first kappa shape index (κ1) is 30.7. The minimum atomic E-state index is -5.08. The molecule has 0 aliphatic heterocycles. The number of carboxylic acids is 1. The summed E-state index contributed by atoms with van der Waals surface area (Å²) >= 11 is 0. The fourth-order valence-electron chi connectivity index (χ4n) is 3.07. The molecule has 2 rings (SSSR count). The van der Waals surface area contributed by atoms with Gasteiger partial charge in [-0.3, -0.25) is 4.68 Å². The van der Waals surface area contributed by atoms with E-state index in [4.69, 9.17) is 19.4 Å². The number of hydrogen-bond donors (Lipinski definition) is 3. The lowest BCUT2D eigenvalue weighted by atomic mass is 10.1. The average molecular weight is 519 g/mol. The zero-order valence-corrected chi connectivity index (χ0v) is 21.4. The summed E-state index contributed by atoms with van der Waals surface area (Å²) in [4.78, 5) is 37.3. The molecule has 0 bridgehead atoms. The maximum atomic E-state index is 12.7. The monoisotopic (exact) mass is 518 g/mol. The van der Waals surface area contributed by atoms with E-state index in [0.29, 0.717) is 42.0 Å². The van der Waals surface area contributed by atoms with Gasteiger partial charge in [0.1, 0.15) is 11.3 Å². The number of carboxylic acid groups (broad SMARTS) is 1. The van der Waals surface area contributed by atoms with Crippen LogP contribution in [-0.2, 0) is 40.8 Å². The quantitative estimate of drug-likeness (QED) is 0.451. The van der Waals surface area contributed by atoms with Crippen LogP contribution in [-0.4, -0.2) is 56.2 Å². The number of ether oxygens (including phenoxy) is 2. The van der Waals surface area contributed by atoms with Crippen molar-refractivity contribution in [2.45, 2.75) is 72.8 Å². The van der Waals surface area contributed by atoms with Crippen molar-refractivity contribution in [3.8, 4) is 0 Å². The topological polar surface area (TPSA) is 136 Å². The SMILES string of the molecule is CCOC(=O)c1c(CNCc2cnn(C)c2C)[nH]c(C(=O)OC(C)(C)C)c1CC.O=C(O)C(F)(F)F. The highest BCUT2D eigenvalue weighted by atomic mass is 19.4. The van der Waals surface area contributed by atoms with Gasteiger partial charge >= 0.3 is 24.1 Å². The van der Waals surface area contributed by atoms with Crippen LogP contribution in [0.1, 0.15) is 78.0 Å². The minimum absolute atomic E-state index is 0.261. The largest absolute Gasteiger partial charge is 0.490 e. The molecular weight excluding hydrogens is 485 g/mol.